The van der Waals surface area contributed by atoms with Gasteiger partial charge in [-0.1, -0.05) is 11.6 Å². The van der Waals surface area contributed by atoms with Crippen molar-refractivity contribution in [3.63, 3.8) is 0 Å². The first-order valence-electron chi connectivity index (χ1n) is 4.31. The van der Waals surface area contributed by atoms with Gasteiger partial charge in [-0.05, 0) is 12.1 Å². The lowest BCUT2D eigenvalue weighted by Gasteiger charge is -2.37. The molecule has 0 atom stereocenters. The average Bonchev–Trinajstić information content (AvgIpc) is 2.14. The van der Waals surface area contributed by atoms with Crippen LogP contribution in [0.3, 0.4) is 0 Å². The Hall–Kier alpha value is -0.790. The van der Waals surface area contributed by atoms with E-state index in [0.717, 1.165) is 6.20 Å². The molecule has 1 saturated heterocycles. The van der Waals surface area contributed by atoms with E-state index in [2.05, 4.69) is 4.98 Å². The molecule has 0 radical (unpaired) electrons. The first-order valence-corrected chi connectivity index (χ1v) is 6.13. The van der Waals surface area contributed by atoms with Crippen molar-refractivity contribution in [3.05, 3.63) is 23.5 Å². The molecular weight excluding hydrogens is 262 g/mol. The maximum atomic E-state index is 12.6. The standard InChI is InChI=1S/C8H7ClF2N2O2S/c9-7-2-1-6(3-12-7)16(14,15)13-4-8(10,11)5-13/h1-3H,4-5H2. The maximum Gasteiger partial charge on any atom is 0.275 e. The highest BCUT2D eigenvalue weighted by molar-refractivity contribution is 7.89. The van der Waals surface area contributed by atoms with E-state index in [-0.39, 0.29) is 10.0 Å². The largest absolute Gasteiger partial charge is 0.275 e. The van der Waals surface area contributed by atoms with Gasteiger partial charge in [-0.15, -0.1) is 0 Å². The third-order valence-electron chi connectivity index (χ3n) is 2.15. The number of hydrogen-bond donors (Lipinski definition) is 0. The van der Waals surface area contributed by atoms with Gasteiger partial charge in [-0.25, -0.2) is 22.2 Å². The van der Waals surface area contributed by atoms with Crippen LogP contribution < -0.4 is 0 Å². The molecule has 1 aromatic rings. The summed E-state index contributed by atoms with van der Waals surface area (Å²) in [6, 6.07) is 2.54. The van der Waals surface area contributed by atoms with E-state index in [1.54, 1.807) is 0 Å². The number of hydrogen-bond acceptors (Lipinski definition) is 3. The Morgan fingerprint density at radius 3 is 2.44 bits per heavy atom. The van der Waals surface area contributed by atoms with E-state index in [1.807, 2.05) is 0 Å². The summed E-state index contributed by atoms with van der Waals surface area (Å²) in [5.41, 5.74) is 0. The van der Waals surface area contributed by atoms with Crippen molar-refractivity contribution in [2.75, 3.05) is 13.1 Å². The molecule has 0 aromatic carbocycles. The maximum absolute atomic E-state index is 12.6. The van der Waals surface area contributed by atoms with Crippen molar-refractivity contribution in [3.8, 4) is 0 Å². The molecule has 0 spiro atoms. The lowest BCUT2D eigenvalue weighted by atomic mass is 10.2. The molecule has 0 N–H and O–H groups in total. The summed E-state index contributed by atoms with van der Waals surface area (Å²) in [5, 5.41) is 0.146. The third kappa shape index (κ3) is 2.02. The van der Waals surface area contributed by atoms with Gasteiger partial charge in [0.15, 0.2) is 0 Å². The molecule has 1 fully saturated rings. The predicted molar refractivity (Wildman–Crippen MR) is 53.0 cm³/mol. The van der Waals surface area contributed by atoms with Crippen LogP contribution in [0.5, 0.6) is 0 Å². The van der Waals surface area contributed by atoms with Crippen molar-refractivity contribution < 1.29 is 17.2 Å². The highest BCUT2D eigenvalue weighted by atomic mass is 35.5. The van der Waals surface area contributed by atoms with Gasteiger partial charge in [0.05, 0.1) is 13.1 Å². The molecule has 0 saturated carbocycles. The van der Waals surface area contributed by atoms with E-state index < -0.39 is 29.0 Å². The van der Waals surface area contributed by atoms with Gasteiger partial charge in [-0.3, -0.25) is 0 Å². The number of sulfonamides is 1. The molecule has 16 heavy (non-hydrogen) atoms. The molecule has 88 valence electrons. The van der Waals surface area contributed by atoms with Crippen LogP contribution in [0.2, 0.25) is 5.15 Å². The molecule has 0 bridgehead atoms. The van der Waals surface area contributed by atoms with E-state index in [1.165, 1.54) is 12.1 Å². The quantitative estimate of drug-likeness (QED) is 0.762. The highest BCUT2D eigenvalue weighted by Gasteiger charge is 2.49. The van der Waals surface area contributed by atoms with Gasteiger partial charge in [0, 0.05) is 6.20 Å². The zero-order valence-electron chi connectivity index (χ0n) is 7.90. The Labute approximate surface area is 95.9 Å². The SMILES string of the molecule is O=S(=O)(c1ccc(Cl)nc1)N1CC(F)(F)C1. The predicted octanol–water partition coefficient (Wildman–Crippen LogP) is 1.37. The lowest BCUT2D eigenvalue weighted by molar-refractivity contribution is -0.0945. The minimum absolute atomic E-state index is 0.132. The monoisotopic (exact) mass is 268 g/mol. The zero-order chi connectivity index (χ0) is 12.0. The minimum atomic E-state index is -3.86. The average molecular weight is 269 g/mol. The van der Waals surface area contributed by atoms with Crippen LogP contribution in [0, 0.1) is 0 Å². The van der Waals surface area contributed by atoms with E-state index in [4.69, 9.17) is 11.6 Å². The van der Waals surface area contributed by atoms with Gasteiger partial charge in [0.1, 0.15) is 10.0 Å². The summed E-state index contributed by atoms with van der Waals surface area (Å²) in [6.45, 7) is -1.56. The Kier molecular flexibility index (Phi) is 2.64. The fourth-order valence-corrected chi connectivity index (χ4v) is 2.86. The van der Waals surface area contributed by atoms with Crippen LogP contribution in [0.4, 0.5) is 8.78 Å². The Bertz CT molecular complexity index is 495. The van der Waals surface area contributed by atoms with Gasteiger partial charge in [0.25, 0.3) is 5.92 Å². The van der Waals surface area contributed by atoms with Crippen LogP contribution >= 0.6 is 11.6 Å². The summed E-state index contributed by atoms with van der Waals surface area (Å²) in [5.74, 6) is -2.92. The van der Waals surface area contributed by atoms with Gasteiger partial charge < -0.3 is 0 Å². The molecule has 1 aliphatic rings. The zero-order valence-corrected chi connectivity index (χ0v) is 9.47. The Balaban J connectivity index is 2.24. The topological polar surface area (TPSA) is 50.3 Å². The van der Waals surface area contributed by atoms with Crippen molar-refractivity contribution >= 4 is 21.6 Å². The molecule has 4 nitrogen and oxygen atoms in total. The van der Waals surface area contributed by atoms with Crippen LogP contribution in [-0.2, 0) is 10.0 Å². The highest BCUT2D eigenvalue weighted by Crippen LogP contribution is 2.31. The van der Waals surface area contributed by atoms with E-state index >= 15 is 0 Å². The second kappa shape index (κ2) is 3.61. The van der Waals surface area contributed by atoms with Crippen molar-refractivity contribution in [1.29, 1.82) is 0 Å². The molecule has 2 rings (SSSR count). The molecule has 0 amide bonds. The fourth-order valence-electron chi connectivity index (χ4n) is 1.30. The number of pyridine rings is 1. The molecule has 8 heteroatoms. The van der Waals surface area contributed by atoms with E-state index in [0.29, 0.717) is 4.31 Å². The van der Waals surface area contributed by atoms with Gasteiger partial charge in [-0.2, -0.15) is 4.31 Å². The number of alkyl halides is 2. The summed E-state index contributed by atoms with van der Waals surface area (Å²) in [7, 11) is -3.86. The number of halogens is 3. The molecule has 0 unspecified atom stereocenters. The molecule has 2 heterocycles. The number of aromatic nitrogens is 1. The summed E-state index contributed by atoms with van der Waals surface area (Å²) >= 11 is 5.49. The normalized spacial score (nSPS) is 20.4. The Morgan fingerprint density at radius 2 is 2.00 bits per heavy atom. The van der Waals surface area contributed by atoms with Crippen LogP contribution in [0.15, 0.2) is 23.2 Å². The second-order valence-corrected chi connectivity index (χ2v) is 5.77. The summed E-state index contributed by atoms with van der Waals surface area (Å²) in [6.07, 6.45) is 1.05. The van der Waals surface area contributed by atoms with Crippen LogP contribution in [0.25, 0.3) is 0 Å². The van der Waals surface area contributed by atoms with Gasteiger partial charge in [0.2, 0.25) is 10.0 Å². The second-order valence-electron chi connectivity index (χ2n) is 3.45. The molecule has 0 aliphatic carbocycles. The van der Waals surface area contributed by atoms with Crippen LogP contribution in [-0.4, -0.2) is 36.7 Å². The number of nitrogens with zero attached hydrogens (tertiary/aromatic N) is 2. The first-order chi connectivity index (χ1) is 7.31. The van der Waals surface area contributed by atoms with Gasteiger partial charge >= 0.3 is 0 Å². The summed E-state index contributed by atoms with van der Waals surface area (Å²) < 4.78 is 49.3. The summed E-state index contributed by atoms with van der Waals surface area (Å²) in [4.78, 5) is 3.46. The molecule has 1 aliphatic heterocycles. The van der Waals surface area contributed by atoms with E-state index in [9.17, 15) is 17.2 Å². The number of rotatable bonds is 2. The Morgan fingerprint density at radius 1 is 1.38 bits per heavy atom. The molecule has 1 aromatic heterocycles. The smallest absolute Gasteiger partial charge is 0.243 e. The van der Waals surface area contributed by atoms with Crippen molar-refractivity contribution in [2.24, 2.45) is 0 Å². The third-order valence-corrected chi connectivity index (χ3v) is 4.15. The van der Waals surface area contributed by atoms with Crippen LogP contribution in [0.1, 0.15) is 0 Å². The minimum Gasteiger partial charge on any atom is -0.243 e. The van der Waals surface area contributed by atoms with Crippen molar-refractivity contribution in [2.45, 2.75) is 10.8 Å². The lowest BCUT2D eigenvalue weighted by Crippen LogP contribution is -2.58. The van der Waals surface area contributed by atoms with Crippen molar-refractivity contribution in [1.82, 2.24) is 9.29 Å². The molecular formula is C8H7ClF2N2O2S. The fraction of sp³-hybridized carbons (Fsp3) is 0.375. The first kappa shape index (κ1) is 11.7.